The normalized spacial score (nSPS) is 14.5. The number of rotatable bonds is 3. The van der Waals surface area contributed by atoms with Crippen molar-refractivity contribution in [3.8, 4) is 0 Å². The summed E-state index contributed by atoms with van der Waals surface area (Å²) < 4.78 is 3.09. The van der Waals surface area contributed by atoms with Crippen LogP contribution in [0.2, 0.25) is 0 Å². The minimum absolute atomic E-state index is 0.755. The second-order valence-electron chi connectivity index (χ2n) is 4.53. The van der Waals surface area contributed by atoms with Crippen molar-refractivity contribution < 1.29 is 0 Å². The molecule has 0 unspecified atom stereocenters. The van der Waals surface area contributed by atoms with E-state index in [0.29, 0.717) is 0 Å². The number of hydrogen-bond donors (Lipinski definition) is 1. The van der Waals surface area contributed by atoms with E-state index >= 15 is 0 Å². The van der Waals surface area contributed by atoms with Crippen LogP contribution in [0.25, 0.3) is 0 Å². The molecule has 19 heavy (non-hydrogen) atoms. The number of anilines is 1. The molecule has 0 bridgehead atoms. The summed E-state index contributed by atoms with van der Waals surface area (Å²) in [6.45, 7) is 3.38. The van der Waals surface area contributed by atoms with Crippen LogP contribution in [0.5, 0.6) is 0 Å². The Balaban J connectivity index is 1.90. The van der Waals surface area contributed by atoms with Gasteiger partial charge in [0.2, 0.25) is 0 Å². The fraction of sp³-hybridized carbons (Fsp3) is 0.417. The lowest BCUT2D eigenvalue weighted by atomic mass is 10.2. The number of fused-ring (bicyclic) bond motifs is 1. The van der Waals surface area contributed by atoms with Crippen molar-refractivity contribution in [2.45, 2.75) is 19.6 Å². The fourth-order valence-electron chi connectivity index (χ4n) is 2.33. The van der Waals surface area contributed by atoms with Crippen molar-refractivity contribution in [2.24, 2.45) is 0 Å². The second-order valence-corrected chi connectivity index (χ2v) is 5.44. The van der Waals surface area contributed by atoms with E-state index in [1.807, 2.05) is 13.2 Å². The number of nitrogens with one attached hydrogen (secondary N) is 1. The molecule has 0 spiro atoms. The molecule has 3 heterocycles. The van der Waals surface area contributed by atoms with Gasteiger partial charge >= 0.3 is 0 Å². The van der Waals surface area contributed by atoms with Gasteiger partial charge in [0, 0.05) is 35.9 Å². The van der Waals surface area contributed by atoms with Gasteiger partial charge in [-0.05, 0) is 29.0 Å². The molecule has 0 amide bonds. The maximum absolute atomic E-state index is 4.56. The summed E-state index contributed by atoms with van der Waals surface area (Å²) in [5.74, 6) is 2.01. The first-order valence-corrected chi connectivity index (χ1v) is 6.98. The molecule has 0 atom stereocenters. The number of nitrogens with zero attached hydrogens (tertiary/aromatic N) is 5. The van der Waals surface area contributed by atoms with E-state index in [0.717, 1.165) is 42.3 Å². The van der Waals surface area contributed by atoms with Crippen molar-refractivity contribution in [1.82, 2.24) is 25.1 Å². The Morgan fingerprint density at radius 3 is 3.16 bits per heavy atom. The van der Waals surface area contributed by atoms with Crippen LogP contribution in [0.1, 0.15) is 11.4 Å². The Hall–Kier alpha value is -1.47. The number of pyridine rings is 1. The van der Waals surface area contributed by atoms with Gasteiger partial charge in [-0.3, -0.25) is 0 Å². The van der Waals surface area contributed by atoms with Crippen molar-refractivity contribution in [2.75, 3.05) is 18.5 Å². The van der Waals surface area contributed by atoms with Gasteiger partial charge in [0.05, 0.1) is 6.54 Å². The molecule has 7 heteroatoms. The fourth-order valence-corrected chi connectivity index (χ4v) is 2.71. The highest BCUT2D eigenvalue weighted by Crippen LogP contribution is 2.24. The topological polar surface area (TPSA) is 58.9 Å². The van der Waals surface area contributed by atoms with E-state index in [2.05, 4.69) is 52.0 Å². The van der Waals surface area contributed by atoms with Gasteiger partial charge in [0.1, 0.15) is 12.1 Å². The zero-order valence-corrected chi connectivity index (χ0v) is 12.3. The van der Waals surface area contributed by atoms with Gasteiger partial charge in [-0.2, -0.15) is 0 Å². The summed E-state index contributed by atoms with van der Waals surface area (Å²) in [5, 5.41) is 11.3. The zero-order valence-electron chi connectivity index (χ0n) is 10.7. The molecule has 0 aromatic carbocycles. The van der Waals surface area contributed by atoms with Gasteiger partial charge in [-0.1, -0.05) is 0 Å². The average molecular weight is 323 g/mol. The van der Waals surface area contributed by atoms with Crippen molar-refractivity contribution in [3.05, 3.63) is 34.5 Å². The molecule has 1 N–H and O–H groups in total. The molecule has 1 aliphatic rings. The third-order valence-electron chi connectivity index (χ3n) is 3.22. The lowest BCUT2D eigenvalue weighted by Gasteiger charge is -2.29. The smallest absolute Gasteiger partial charge is 0.152 e. The lowest BCUT2D eigenvalue weighted by molar-refractivity contribution is 0.554. The van der Waals surface area contributed by atoms with Crippen LogP contribution in [0.15, 0.2) is 23.1 Å². The Morgan fingerprint density at radius 1 is 1.42 bits per heavy atom. The van der Waals surface area contributed by atoms with Gasteiger partial charge in [-0.15, -0.1) is 10.2 Å². The molecule has 100 valence electrons. The van der Waals surface area contributed by atoms with Crippen LogP contribution >= 0.6 is 15.9 Å². The first kappa shape index (κ1) is 12.6. The summed E-state index contributed by atoms with van der Waals surface area (Å²) in [7, 11) is 1.94. The van der Waals surface area contributed by atoms with Gasteiger partial charge < -0.3 is 14.8 Å². The Morgan fingerprint density at radius 2 is 2.32 bits per heavy atom. The van der Waals surface area contributed by atoms with Gasteiger partial charge in [0.15, 0.2) is 5.82 Å². The van der Waals surface area contributed by atoms with Crippen LogP contribution in [-0.4, -0.2) is 33.3 Å². The zero-order chi connectivity index (χ0) is 13.2. The van der Waals surface area contributed by atoms with Crippen molar-refractivity contribution in [3.63, 3.8) is 0 Å². The van der Waals surface area contributed by atoms with Crippen LogP contribution in [0.4, 0.5) is 5.82 Å². The first-order chi connectivity index (χ1) is 9.28. The largest absolute Gasteiger partial charge is 0.347 e. The monoisotopic (exact) mass is 322 g/mol. The highest BCUT2D eigenvalue weighted by atomic mass is 79.9. The molecule has 2 aromatic rings. The minimum Gasteiger partial charge on any atom is -0.347 e. The molecule has 6 nitrogen and oxygen atoms in total. The predicted octanol–water partition coefficient (Wildman–Crippen LogP) is 1.18. The minimum atomic E-state index is 0.755. The summed E-state index contributed by atoms with van der Waals surface area (Å²) >= 11 is 3.47. The van der Waals surface area contributed by atoms with Crippen molar-refractivity contribution in [1.29, 1.82) is 0 Å². The molecule has 0 radical (unpaired) electrons. The Bertz CT molecular complexity index is 581. The Labute approximate surface area is 120 Å². The molecular formula is C12H15BrN6. The van der Waals surface area contributed by atoms with Gasteiger partial charge in [0.25, 0.3) is 0 Å². The summed E-state index contributed by atoms with van der Waals surface area (Å²) in [6, 6.07) is 2.11. The molecule has 0 aliphatic carbocycles. The molecule has 2 aromatic heterocycles. The molecule has 0 saturated heterocycles. The lowest BCUT2D eigenvalue weighted by Crippen LogP contribution is -2.35. The summed E-state index contributed by atoms with van der Waals surface area (Å²) in [6.07, 6.45) is 3.63. The predicted molar refractivity (Wildman–Crippen MR) is 75.8 cm³/mol. The summed E-state index contributed by atoms with van der Waals surface area (Å²) in [5.41, 5.74) is 1.19. The quantitative estimate of drug-likeness (QED) is 0.919. The van der Waals surface area contributed by atoms with E-state index in [4.69, 9.17) is 0 Å². The molecular weight excluding hydrogens is 308 g/mol. The van der Waals surface area contributed by atoms with Crippen LogP contribution in [-0.2, 0) is 19.6 Å². The van der Waals surface area contributed by atoms with Crippen molar-refractivity contribution >= 4 is 21.7 Å². The third kappa shape index (κ3) is 2.48. The van der Waals surface area contributed by atoms with E-state index in [9.17, 15) is 0 Å². The van der Waals surface area contributed by atoms with E-state index in [1.165, 1.54) is 5.56 Å². The van der Waals surface area contributed by atoms with E-state index < -0.39 is 0 Å². The maximum Gasteiger partial charge on any atom is 0.152 e. The summed E-state index contributed by atoms with van der Waals surface area (Å²) in [4.78, 5) is 6.81. The highest BCUT2D eigenvalue weighted by molar-refractivity contribution is 9.10. The molecule has 0 saturated carbocycles. The number of halogens is 1. The van der Waals surface area contributed by atoms with Crippen LogP contribution in [0, 0.1) is 0 Å². The van der Waals surface area contributed by atoms with Crippen LogP contribution < -0.4 is 10.2 Å². The third-order valence-corrected chi connectivity index (χ3v) is 3.65. The molecule has 3 rings (SSSR count). The number of aromatic nitrogens is 4. The number of hydrogen-bond acceptors (Lipinski definition) is 5. The molecule has 0 fully saturated rings. The van der Waals surface area contributed by atoms with E-state index in [-0.39, 0.29) is 0 Å². The van der Waals surface area contributed by atoms with Crippen LogP contribution in [0.3, 0.4) is 0 Å². The SMILES string of the molecule is CNCc1cc(Br)cnc1N1CCn2cnnc2C1. The maximum atomic E-state index is 4.56. The van der Waals surface area contributed by atoms with Gasteiger partial charge in [-0.25, -0.2) is 4.98 Å². The Kier molecular flexibility index (Phi) is 3.48. The highest BCUT2D eigenvalue weighted by Gasteiger charge is 2.20. The standard InChI is InChI=1S/C12H15BrN6/c1-14-5-9-4-10(13)6-15-12(9)18-2-3-19-8-16-17-11(19)7-18/h4,6,8,14H,2-3,5,7H2,1H3. The average Bonchev–Trinajstić information content (AvgIpc) is 2.86. The molecule has 1 aliphatic heterocycles. The van der Waals surface area contributed by atoms with E-state index in [1.54, 1.807) is 6.33 Å². The second kappa shape index (κ2) is 5.26. The first-order valence-electron chi connectivity index (χ1n) is 6.18.